The van der Waals surface area contributed by atoms with Gasteiger partial charge >= 0.3 is 11.9 Å². The van der Waals surface area contributed by atoms with Crippen LogP contribution in [-0.4, -0.2) is 17.0 Å². The van der Waals surface area contributed by atoms with Crippen molar-refractivity contribution in [3.63, 3.8) is 0 Å². The monoisotopic (exact) mass is 314 g/mol. The molecule has 0 aromatic rings. The van der Waals surface area contributed by atoms with Gasteiger partial charge < -0.3 is 9.84 Å². The third-order valence-electron chi connectivity index (χ3n) is 3.17. The molecule has 0 unspecified atom stereocenters. The Bertz CT molecular complexity index is 285. The second-order valence-corrected chi connectivity index (χ2v) is 5.93. The number of rotatable bonds is 12. The number of aliphatic carboxylic acids is 1. The Morgan fingerprint density at radius 3 is 1.77 bits per heavy atom. The van der Waals surface area contributed by atoms with Gasteiger partial charge in [0.2, 0.25) is 0 Å². The second kappa shape index (κ2) is 17.7. The van der Waals surface area contributed by atoms with E-state index in [4.69, 9.17) is 5.11 Å². The van der Waals surface area contributed by atoms with E-state index >= 15 is 0 Å². The lowest BCUT2D eigenvalue weighted by Gasteiger charge is -2.04. The average molecular weight is 314 g/mol. The van der Waals surface area contributed by atoms with Crippen molar-refractivity contribution in [3.05, 3.63) is 12.8 Å². The van der Waals surface area contributed by atoms with Crippen molar-refractivity contribution >= 4 is 11.9 Å². The molecule has 130 valence electrons. The fourth-order valence-corrected chi connectivity index (χ4v) is 2.01. The summed E-state index contributed by atoms with van der Waals surface area (Å²) in [5, 5.41) is 8.46. The third-order valence-corrected chi connectivity index (χ3v) is 3.17. The lowest BCUT2D eigenvalue weighted by molar-refractivity contribution is -0.137. The molecule has 0 saturated carbocycles. The predicted molar refractivity (Wildman–Crippen MR) is 90.6 cm³/mol. The number of carboxylic acids is 1. The van der Waals surface area contributed by atoms with Crippen LogP contribution < -0.4 is 0 Å². The van der Waals surface area contributed by atoms with Gasteiger partial charge in [-0.05, 0) is 12.3 Å². The number of unbranched alkanes of at least 4 members (excludes halogenated alkanes) is 7. The standard InChI is InChI=1S/C14H28O2.C4H6O2/c1-13(2)11-9-7-5-3-4-6-8-10-12-14(15)16;1-3-6-4(2)5/h13H,3-12H2,1-2H3,(H,15,16);3H,1H2,2H3. The lowest BCUT2D eigenvalue weighted by Crippen LogP contribution is -1.93. The summed E-state index contributed by atoms with van der Waals surface area (Å²) in [6.45, 7) is 9.04. The minimum Gasteiger partial charge on any atom is -0.481 e. The fraction of sp³-hybridized carbons (Fsp3) is 0.778. The zero-order chi connectivity index (χ0) is 17.2. The van der Waals surface area contributed by atoms with E-state index in [1.54, 1.807) is 0 Å². The minimum absolute atomic E-state index is 0.329. The van der Waals surface area contributed by atoms with Gasteiger partial charge in [0.15, 0.2) is 0 Å². The van der Waals surface area contributed by atoms with Crippen molar-refractivity contribution in [2.45, 2.75) is 85.0 Å². The van der Waals surface area contributed by atoms with Gasteiger partial charge in [-0.25, -0.2) is 0 Å². The third kappa shape index (κ3) is 27.1. The van der Waals surface area contributed by atoms with Crippen molar-refractivity contribution in [1.29, 1.82) is 0 Å². The molecule has 0 saturated heterocycles. The van der Waals surface area contributed by atoms with Gasteiger partial charge in [-0.3, -0.25) is 9.59 Å². The number of hydrogen-bond acceptors (Lipinski definition) is 3. The number of esters is 1. The summed E-state index contributed by atoms with van der Waals surface area (Å²) in [4.78, 5) is 20.0. The normalized spacial score (nSPS) is 9.82. The molecule has 0 heterocycles. The van der Waals surface area contributed by atoms with Crippen molar-refractivity contribution in [1.82, 2.24) is 0 Å². The smallest absolute Gasteiger partial charge is 0.307 e. The quantitative estimate of drug-likeness (QED) is 0.301. The van der Waals surface area contributed by atoms with E-state index in [9.17, 15) is 9.59 Å². The molecule has 22 heavy (non-hydrogen) atoms. The maximum Gasteiger partial charge on any atom is 0.307 e. The summed E-state index contributed by atoms with van der Waals surface area (Å²) in [6.07, 6.45) is 12.6. The van der Waals surface area contributed by atoms with Gasteiger partial charge in [-0.2, -0.15) is 0 Å². The molecule has 4 nitrogen and oxygen atoms in total. The van der Waals surface area contributed by atoms with Crippen LogP contribution >= 0.6 is 0 Å². The van der Waals surface area contributed by atoms with E-state index in [0.29, 0.717) is 6.42 Å². The molecule has 0 rings (SSSR count). The molecule has 0 aliphatic heterocycles. The highest BCUT2D eigenvalue weighted by Crippen LogP contribution is 2.12. The van der Waals surface area contributed by atoms with E-state index in [-0.39, 0.29) is 5.97 Å². The number of carboxylic acid groups (broad SMARTS) is 1. The van der Waals surface area contributed by atoms with Crippen LogP contribution in [0.5, 0.6) is 0 Å². The Kier molecular flexibility index (Phi) is 18.5. The summed E-state index contributed by atoms with van der Waals surface area (Å²) in [5.41, 5.74) is 0. The summed E-state index contributed by atoms with van der Waals surface area (Å²) in [5.74, 6) is -0.144. The summed E-state index contributed by atoms with van der Waals surface area (Å²) < 4.78 is 4.17. The molecule has 4 heteroatoms. The first-order chi connectivity index (χ1) is 10.4. The Morgan fingerprint density at radius 1 is 1.00 bits per heavy atom. The Labute approximate surface area is 135 Å². The highest BCUT2D eigenvalue weighted by molar-refractivity contribution is 5.66. The molecule has 0 aliphatic carbocycles. The first kappa shape index (κ1) is 23.0. The average Bonchev–Trinajstić information content (AvgIpc) is 2.40. The van der Waals surface area contributed by atoms with Crippen LogP contribution in [0.4, 0.5) is 0 Å². The topological polar surface area (TPSA) is 63.6 Å². The van der Waals surface area contributed by atoms with Crippen LogP contribution in [0.3, 0.4) is 0 Å². The Hall–Kier alpha value is -1.32. The number of hydrogen-bond donors (Lipinski definition) is 1. The Balaban J connectivity index is 0. The lowest BCUT2D eigenvalue weighted by atomic mass is 10.0. The predicted octanol–water partition coefficient (Wildman–Crippen LogP) is 5.32. The first-order valence-electron chi connectivity index (χ1n) is 8.40. The zero-order valence-corrected chi connectivity index (χ0v) is 14.6. The molecule has 0 bridgehead atoms. The van der Waals surface area contributed by atoms with Crippen molar-refractivity contribution in [3.8, 4) is 0 Å². The molecule has 0 amide bonds. The largest absolute Gasteiger partial charge is 0.481 e. The maximum absolute atomic E-state index is 10.3. The molecule has 0 spiro atoms. The summed E-state index contributed by atoms with van der Waals surface area (Å²) in [7, 11) is 0. The number of carbonyl (C=O) groups excluding carboxylic acids is 1. The molecular formula is C18H34O4. The molecule has 1 N–H and O–H groups in total. The van der Waals surface area contributed by atoms with Crippen LogP contribution in [0.1, 0.15) is 85.0 Å². The fourth-order valence-electron chi connectivity index (χ4n) is 2.01. The SMILES string of the molecule is C=COC(C)=O.CC(C)CCCCCCCCCCC(=O)O. The van der Waals surface area contributed by atoms with Gasteiger partial charge in [0, 0.05) is 13.3 Å². The van der Waals surface area contributed by atoms with Crippen LogP contribution in [0, 0.1) is 5.92 Å². The van der Waals surface area contributed by atoms with Gasteiger partial charge in [-0.1, -0.05) is 71.8 Å². The van der Waals surface area contributed by atoms with Crippen molar-refractivity contribution in [2.24, 2.45) is 5.92 Å². The molecule has 0 aliphatic rings. The molecule has 0 radical (unpaired) electrons. The minimum atomic E-state index is -0.659. The molecule has 0 aromatic heterocycles. The summed E-state index contributed by atoms with van der Waals surface area (Å²) >= 11 is 0. The van der Waals surface area contributed by atoms with Crippen LogP contribution in [-0.2, 0) is 14.3 Å². The van der Waals surface area contributed by atoms with Crippen LogP contribution in [0.25, 0.3) is 0 Å². The maximum atomic E-state index is 10.3. The van der Waals surface area contributed by atoms with Gasteiger partial charge in [0.25, 0.3) is 0 Å². The van der Waals surface area contributed by atoms with E-state index in [1.807, 2.05) is 0 Å². The van der Waals surface area contributed by atoms with E-state index in [2.05, 4.69) is 25.2 Å². The Morgan fingerprint density at radius 2 is 1.45 bits per heavy atom. The van der Waals surface area contributed by atoms with Gasteiger partial charge in [-0.15, -0.1) is 0 Å². The number of carbonyl (C=O) groups is 2. The second-order valence-electron chi connectivity index (χ2n) is 5.93. The first-order valence-corrected chi connectivity index (χ1v) is 8.40. The summed E-state index contributed by atoms with van der Waals surface area (Å²) in [6, 6.07) is 0. The van der Waals surface area contributed by atoms with Crippen molar-refractivity contribution < 1.29 is 19.4 Å². The van der Waals surface area contributed by atoms with Crippen LogP contribution in [0.2, 0.25) is 0 Å². The van der Waals surface area contributed by atoms with Gasteiger partial charge in [0.1, 0.15) is 0 Å². The number of ether oxygens (including phenoxy) is 1. The van der Waals surface area contributed by atoms with Crippen molar-refractivity contribution in [2.75, 3.05) is 0 Å². The highest BCUT2D eigenvalue weighted by Gasteiger charge is 1.97. The van der Waals surface area contributed by atoms with Crippen LogP contribution in [0.15, 0.2) is 12.8 Å². The van der Waals surface area contributed by atoms with Gasteiger partial charge in [0.05, 0.1) is 6.26 Å². The molecule has 0 aromatic carbocycles. The molecule has 0 atom stereocenters. The van der Waals surface area contributed by atoms with E-state index in [0.717, 1.165) is 25.0 Å². The molecular weight excluding hydrogens is 280 g/mol. The van der Waals surface area contributed by atoms with E-state index < -0.39 is 5.97 Å². The zero-order valence-electron chi connectivity index (χ0n) is 14.6. The highest BCUT2D eigenvalue weighted by atomic mass is 16.5. The van der Waals surface area contributed by atoms with E-state index in [1.165, 1.54) is 51.9 Å². The molecule has 0 fully saturated rings.